The van der Waals surface area contributed by atoms with Gasteiger partial charge in [0.2, 0.25) is 9.84 Å². The predicted octanol–water partition coefficient (Wildman–Crippen LogP) is 3.32. The molecule has 4 N–H and O–H groups in total. The first-order valence-corrected chi connectivity index (χ1v) is 12.1. The Morgan fingerprint density at radius 3 is 2.41 bits per heavy atom. The molecule has 7 nitrogen and oxygen atoms in total. The number of amides is 1. The van der Waals surface area contributed by atoms with Gasteiger partial charge in [0.05, 0.1) is 15.9 Å². The van der Waals surface area contributed by atoms with Crippen molar-refractivity contribution < 1.29 is 23.1 Å². The van der Waals surface area contributed by atoms with Crippen LogP contribution in [0.5, 0.6) is 5.75 Å². The Morgan fingerprint density at radius 1 is 1.03 bits per heavy atom. The number of nitrogens with one attached hydrogen (secondary N) is 1. The fourth-order valence-corrected chi connectivity index (χ4v) is 4.65. The van der Waals surface area contributed by atoms with Crippen molar-refractivity contribution in [1.29, 1.82) is 0 Å². The lowest BCUT2D eigenvalue weighted by Crippen LogP contribution is -2.23. The van der Waals surface area contributed by atoms with Gasteiger partial charge in [-0.1, -0.05) is 41.9 Å². The minimum atomic E-state index is -3.74. The predicted molar refractivity (Wildman–Crippen MR) is 133 cm³/mol. The number of halogens is 2. The van der Waals surface area contributed by atoms with E-state index in [1.165, 1.54) is 12.1 Å². The van der Waals surface area contributed by atoms with Crippen LogP contribution in [0.15, 0.2) is 82.6 Å². The van der Waals surface area contributed by atoms with Crippen molar-refractivity contribution in [2.24, 2.45) is 5.73 Å². The molecular formula is C24H26Cl2N2O5S. The van der Waals surface area contributed by atoms with Crippen molar-refractivity contribution in [3.63, 3.8) is 0 Å². The summed E-state index contributed by atoms with van der Waals surface area (Å²) >= 11 is 5.95. The van der Waals surface area contributed by atoms with Crippen molar-refractivity contribution in [1.82, 2.24) is 5.32 Å². The normalized spacial score (nSPS) is 11.9. The highest BCUT2D eigenvalue weighted by molar-refractivity contribution is 7.91. The van der Waals surface area contributed by atoms with Gasteiger partial charge in [-0.15, -0.1) is 12.4 Å². The molecule has 0 heterocycles. The van der Waals surface area contributed by atoms with Gasteiger partial charge < -0.3 is 20.9 Å². The first kappa shape index (κ1) is 27.6. The number of benzene rings is 3. The maximum absolute atomic E-state index is 12.9. The summed E-state index contributed by atoms with van der Waals surface area (Å²) in [5.74, 6) is -0.398. The summed E-state index contributed by atoms with van der Waals surface area (Å²) in [5.41, 5.74) is 6.76. The number of sulfone groups is 1. The van der Waals surface area contributed by atoms with Gasteiger partial charge in [-0.25, -0.2) is 8.42 Å². The molecular weight excluding hydrogens is 499 g/mol. The molecule has 0 bridgehead atoms. The summed E-state index contributed by atoms with van der Waals surface area (Å²) in [5, 5.41) is 14.0. The van der Waals surface area contributed by atoms with Gasteiger partial charge in [0, 0.05) is 11.6 Å². The van der Waals surface area contributed by atoms with E-state index in [2.05, 4.69) is 5.32 Å². The van der Waals surface area contributed by atoms with E-state index in [1.807, 2.05) is 6.07 Å². The maximum atomic E-state index is 12.9. The average Bonchev–Trinajstić information content (AvgIpc) is 2.81. The van der Waals surface area contributed by atoms with E-state index in [4.69, 9.17) is 22.1 Å². The summed E-state index contributed by atoms with van der Waals surface area (Å²) in [6.45, 7) is 0.659. The highest BCUT2D eigenvalue weighted by Gasteiger charge is 2.18. The van der Waals surface area contributed by atoms with Gasteiger partial charge in [0.15, 0.2) is 6.61 Å². The molecule has 0 aliphatic rings. The lowest BCUT2D eigenvalue weighted by atomic mass is 10.1. The number of rotatable bonds is 11. The molecule has 0 aliphatic carbocycles. The fraction of sp³-hybridized carbons (Fsp3) is 0.208. The first-order chi connectivity index (χ1) is 15.8. The second kappa shape index (κ2) is 12.7. The number of primary amides is 1. The maximum Gasteiger partial charge on any atom is 0.255 e. The van der Waals surface area contributed by atoms with E-state index in [9.17, 15) is 18.3 Å². The third kappa shape index (κ3) is 7.72. The molecule has 0 unspecified atom stereocenters. The van der Waals surface area contributed by atoms with Crippen LogP contribution < -0.4 is 15.8 Å². The quantitative estimate of drug-likeness (QED) is 0.331. The summed E-state index contributed by atoms with van der Waals surface area (Å²) < 4.78 is 31.1. The summed E-state index contributed by atoms with van der Waals surface area (Å²) in [7, 11) is -3.74. The van der Waals surface area contributed by atoms with Gasteiger partial charge in [0.1, 0.15) is 5.75 Å². The molecule has 34 heavy (non-hydrogen) atoms. The molecule has 0 spiro atoms. The number of hydrogen-bond acceptors (Lipinski definition) is 6. The highest BCUT2D eigenvalue weighted by Crippen LogP contribution is 2.25. The zero-order valence-corrected chi connectivity index (χ0v) is 20.6. The molecule has 0 saturated heterocycles. The van der Waals surface area contributed by atoms with E-state index in [0.717, 1.165) is 11.1 Å². The number of aliphatic hydroxyl groups excluding tert-OH is 1. The molecule has 1 amide bonds. The van der Waals surface area contributed by atoms with Gasteiger partial charge >= 0.3 is 0 Å². The van der Waals surface area contributed by atoms with Gasteiger partial charge in [0.25, 0.3) is 5.91 Å². The number of nitrogens with two attached hydrogens (primary N) is 1. The lowest BCUT2D eigenvalue weighted by Gasteiger charge is -2.13. The van der Waals surface area contributed by atoms with Crippen LogP contribution in [0.1, 0.15) is 17.2 Å². The average molecular weight is 525 g/mol. The molecule has 3 aromatic carbocycles. The second-order valence-corrected chi connectivity index (χ2v) is 9.79. The fourth-order valence-electron chi connectivity index (χ4n) is 3.16. The smallest absolute Gasteiger partial charge is 0.255 e. The third-order valence-corrected chi connectivity index (χ3v) is 6.89. The third-order valence-electron chi connectivity index (χ3n) is 4.89. The van der Waals surface area contributed by atoms with Crippen molar-refractivity contribution >= 4 is 39.8 Å². The SMILES string of the molecule is Cl.NC(=O)COc1cccc(S(=O)(=O)c2ccc(CCNC[C@@H](O)c3cccc(Cl)c3)cc2)c1. The zero-order valence-electron chi connectivity index (χ0n) is 18.2. The standard InChI is InChI=1S/C24H25ClN2O5S.ClH/c25-19-4-1-3-18(13-19)23(28)15-27-12-11-17-7-9-21(10-8-17)33(30,31)22-6-2-5-20(14-22)32-16-24(26)29;/h1-10,13-14,23,27-28H,11-12,15-16H2,(H2,26,29);1H/t23-;/m1./s1. The minimum Gasteiger partial charge on any atom is -0.484 e. The monoisotopic (exact) mass is 524 g/mol. The minimum absolute atomic E-state index is 0. The second-order valence-electron chi connectivity index (χ2n) is 7.40. The van der Waals surface area contributed by atoms with E-state index < -0.39 is 21.8 Å². The number of aliphatic hydroxyl groups is 1. The van der Waals surface area contributed by atoms with Crippen LogP contribution in [0.3, 0.4) is 0 Å². The molecule has 0 fully saturated rings. The van der Waals surface area contributed by atoms with E-state index in [1.54, 1.807) is 54.6 Å². The van der Waals surface area contributed by atoms with Crippen molar-refractivity contribution in [2.75, 3.05) is 19.7 Å². The molecule has 1 atom stereocenters. The topological polar surface area (TPSA) is 119 Å². The highest BCUT2D eigenvalue weighted by atomic mass is 35.5. The Morgan fingerprint density at radius 2 is 1.74 bits per heavy atom. The van der Waals surface area contributed by atoms with Gasteiger partial charge in [-0.05, 0) is 66.6 Å². The molecule has 3 rings (SSSR count). The summed E-state index contributed by atoms with van der Waals surface area (Å²) in [6, 6.07) is 19.7. The van der Waals surface area contributed by atoms with E-state index in [0.29, 0.717) is 24.5 Å². The van der Waals surface area contributed by atoms with Crippen molar-refractivity contribution in [2.45, 2.75) is 22.3 Å². The Bertz CT molecular complexity index is 1200. The Labute approximate surface area is 210 Å². The molecule has 0 aromatic heterocycles. The number of carbonyl (C=O) groups is 1. The molecule has 0 aliphatic heterocycles. The molecule has 3 aromatic rings. The number of ether oxygens (including phenoxy) is 1. The lowest BCUT2D eigenvalue weighted by molar-refractivity contribution is -0.119. The van der Waals surface area contributed by atoms with Crippen LogP contribution in [0, 0.1) is 0 Å². The van der Waals surface area contributed by atoms with Crippen LogP contribution in [0.2, 0.25) is 5.02 Å². The van der Waals surface area contributed by atoms with Crippen LogP contribution in [-0.2, 0) is 21.1 Å². The zero-order chi connectivity index (χ0) is 23.8. The molecule has 0 radical (unpaired) electrons. The van der Waals surface area contributed by atoms with Crippen molar-refractivity contribution in [3.05, 3.63) is 88.9 Å². The van der Waals surface area contributed by atoms with E-state index >= 15 is 0 Å². The van der Waals surface area contributed by atoms with Gasteiger partial charge in [-0.3, -0.25) is 4.79 Å². The van der Waals surface area contributed by atoms with Crippen LogP contribution in [0.4, 0.5) is 0 Å². The van der Waals surface area contributed by atoms with Gasteiger partial charge in [-0.2, -0.15) is 0 Å². The summed E-state index contributed by atoms with van der Waals surface area (Å²) in [6.07, 6.45) is -0.00194. The van der Waals surface area contributed by atoms with Crippen LogP contribution in [-0.4, -0.2) is 39.1 Å². The Balaban J connectivity index is 0.00000408. The van der Waals surface area contributed by atoms with Crippen LogP contribution >= 0.6 is 24.0 Å². The largest absolute Gasteiger partial charge is 0.484 e. The summed E-state index contributed by atoms with van der Waals surface area (Å²) in [4.78, 5) is 11.1. The van der Waals surface area contributed by atoms with Crippen LogP contribution in [0.25, 0.3) is 0 Å². The Kier molecular flexibility index (Phi) is 10.3. The van der Waals surface area contributed by atoms with E-state index in [-0.39, 0.29) is 34.6 Å². The van der Waals surface area contributed by atoms with Crippen molar-refractivity contribution in [3.8, 4) is 5.75 Å². The molecule has 0 saturated carbocycles. The Hall–Kier alpha value is -2.62. The number of hydrogen-bond donors (Lipinski definition) is 3. The molecule has 182 valence electrons. The first-order valence-electron chi connectivity index (χ1n) is 10.2. The molecule has 10 heteroatoms. The number of carbonyl (C=O) groups excluding carboxylic acids is 1.